The van der Waals surface area contributed by atoms with E-state index in [0.717, 1.165) is 34.5 Å². The van der Waals surface area contributed by atoms with Crippen molar-refractivity contribution in [1.29, 1.82) is 0 Å². The smallest absolute Gasteiger partial charge is 0.257 e. The molecule has 1 fully saturated rings. The van der Waals surface area contributed by atoms with Crippen LogP contribution in [-0.4, -0.2) is 43.4 Å². The fourth-order valence-corrected chi connectivity index (χ4v) is 5.16. The third kappa shape index (κ3) is 4.08. The number of hydrogen-bond donors (Lipinski definition) is 2. The second-order valence-corrected chi connectivity index (χ2v) is 9.56. The molecule has 0 radical (unpaired) electrons. The molecule has 0 aromatic carbocycles. The van der Waals surface area contributed by atoms with Crippen LogP contribution in [0.15, 0.2) is 29.3 Å². The van der Waals surface area contributed by atoms with Crippen molar-refractivity contribution < 1.29 is 14.7 Å². The van der Waals surface area contributed by atoms with Crippen molar-refractivity contribution in [3.63, 3.8) is 0 Å². The second kappa shape index (κ2) is 7.55. The molecule has 0 spiro atoms. The number of rotatable bonds is 7. The Bertz CT molecular complexity index is 1100. The van der Waals surface area contributed by atoms with Crippen LogP contribution < -0.4 is 5.32 Å². The molecule has 152 valence electrons. The first-order chi connectivity index (χ1) is 13.8. The van der Waals surface area contributed by atoms with Crippen LogP contribution in [0, 0.1) is 6.92 Å². The summed E-state index contributed by atoms with van der Waals surface area (Å²) in [6.07, 6.45) is 3.62. The maximum absolute atomic E-state index is 12.7. The number of thiophene rings is 1. The molecule has 3 aromatic rings. The number of aryl methyl sites for hydroxylation is 2. The Morgan fingerprint density at radius 3 is 2.90 bits per heavy atom. The number of nitrogens with zero attached hydrogens (tertiary/aromatic N) is 3. The average molecular weight is 431 g/mol. The van der Waals surface area contributed by atoms with Crippen molar-refractivity contribution >= 4 is 45.8 Å². The SMILES string of the molecule is Cc1cc(SCC(=O)c2ccc([C@@](C)(O)C(=O)NC3CC3)s2)c2c(cnn2C)n1. The van der Waals surface area contributed by atoms with Gasteiger partial charge in [-0.25, -0.2) is 4.98 Å². The molecular weight excluding hydrogens is 408 g/mol. The van der Waals surface area contributed by atoms with E-state index in [1.165, 1.54) is 30.0 Å². The van der Waals surface area contributed by atoms with Gasteiger partial charge in [0.2, 0.25) is 0 Å². The molecule has 1 saturated carbocycles. The summed E-state index contributed by atoms with van der Waals surface area (Å²) in [7, 11) is 1.85. The largest absolute Gasteiger partial charge is 0.375 e. The lowest BCUT2D eigenvalue weighted by molar-refractivity contribution is -0.138. The van der Waals surface area contributed by atoms with Crippen LogP contribution >= 0.6 is 23.1 Å². The number of carbonyl (C=O) groups is 2. The highest BCUT2D eigenvalue weighted by Gasteiger charge is 2.37. The van der Waals surface area contributed by atoms with E-state index in [-0.39, 0.29) is 17.6 Å². The standard InChI is InChI=1S/C20H22N4O3S2/c1-11-8-16(18-13(22-11)9-21-24(18)3)28-10-14(25)15-6-7-17(29-15)20(2,27)19(26)23-12-4-5-12/h6-9,12,27H,4-5,10H2,1-3H3,(H,23,26)/t20-/m1/s1. The average Bonchev–Trinajstić information content (AvgIpc) is 3.19. The van der Waals surface area contributed by atoms with Crippen molar-refractivity contribution in [2.75, 3.05) is 5.75 Å². The summed E-state index contributed by atoms with van der Waals surface area (Å²) in [6.45, 7) is 3.39. The highest BCUT2D eigenvalue weighted by Crippen LogP contribution is 2.32. The summed E-state index contributed by atoms with van der Waals surface area (Å²) in [5.74, 6) is -0.212. The molecule has 0 bridgehead atoms. The molecule has 29 heavy (non-hydrogen) atoms. The Kier molecular flexibility index (Phi) is 5.22. The maximum Gasteiger partial charge on any atom is 0.257 e. The normalized spacial score (nSPS) is 16.0. The van der Waals surface area contributed by atoms with Crippen LogP contribution in [0.4, 0.5) is 0 Å². The molecular formula is C20H22N4O3S2. The van der Waals surface area contributed by atoms with Crippen LogP contribution in [0.1, 0.15) is 40.0 Å². The lowest BCUT2D eigenvalue weighted by Gasteiger charge is -2.20. The minimum atomic E-state index is -1.64. The van der Waals surface area contributed by atoms with Crippen LogP contribution in [0.25, 0.3) is 11.0 Å². The van der Waals surface area contributed by atoms with Gasteiger partial charge in [0.05, 0.1) is 22.3 Å². The molecule has 1 aliphatic carbocycles. The lowest BCUT2D eigenvalue weighted by Crippen LogP contribution is -2.42. The van der Waals surface area contributed by atoms with E-state index in [0.29, 0.717) is 9.75 Å². The third-order valence-electron chi connectivity index (χ3n) is 4.86. The molecule has 3 aromatic heterocycles. The van der Waals surface area contributed by atoms with Gasteiger partial charge >= 0.3 is 0 Å². The van der Waals surface area contributed by atoms with Crippen LogP contribution in [0.5, 0.6) is 0 Å². The number of ketones is 1. The van der Waals surface area contributed by atoms with E-state index >= 15 is 0 Å². The van der Waals surface area contributed by atoms with E-state index in [2.05, 4.69) is 15.4 Å². The van der Waals surface area contributed by atoms with Gasteiger partial charge in [-0.05, 0) is 44.9 Å². The Hall–Kier alpha value is -2.23. The van der Waals surface area contributed by atoms with Crippen molar-refractivity contribution in [2.24, 2.45) is 7.05 Å². The zero-order valence-electron chi connectivity index (χ0n) is 16.4. The monoisotopic (exact) mass is 430 g/mol. The number of amides is 1. The fraction of sp³-hybridized carbons (Fsp3) is 0.400. The molecule has 0 saturated heterocycles. The Morgan fingerprint density at radius 1 is 1.41 bits per heavy atom. The molecule has 3 heterocycles. The van der Waals surface area contributed by atoms with E-state index in [1.807, 2.05) is 20.0 Å². The zero-order chi connectivity index (χ0) is 20.8. The Balaban J connectivity index is 1.47. The van der Waals surface area contributed by atoms with Gasteiger partial charge < -0.3 is 10.4 Å². The summed E-state index contributed by atoms with van der Waals surface area (Å²) in [5, 5.41) is 17.7. The van der Waals surface area contributed by atoms with Gasteiger partial charge in [0.25, 0.3) is 5.91 Å². The van der Waals surface area contributed by atoms with E-state index in [1.54, 1.807) is 23.0 Å². The van der Waals surface area contributed by atoms with Gasteiger partial charge in [0.15, 0.2) is 11.4 Å². The van der Waals surface area contributed by atoms with Gasteiger partial charge in [-0.2, -0.15) is 5.10 Å². The number of Topliss-reactive ketones (excluding diaryl/α,β-unsaturated/α-hetero) is 1. The number of hydrogen-bond acceptors (Lipinski definition) is 7. The zero-order valence-corrected chi connectivity index (χ0v) is 18.1. The van der Waals surface area contributed by atoms with Crippen molar-refractivity contribution in [2.45, 2.75) is 43.2 Å². The quantitative estimate of drug-likeness (QED) is 0.442. The number of pyridine rings is 1. The van der Waals surface area contributed by atoms with E-state index in [9.17, 15) is 14.7 Å². The van der Waals surface area contributed by atoms with Crippen LogP contribution in [-0.2, 0) is 17.4 Å². The van der Waals surface area contributed by atoms with Crippen LogP contribution in [0.3, 0.4) is 0 Å². The molecule has 1 aliphatic rings. The van der Waals surface area contributed by atoms with Gasteiger partial charge in [0, 0.05) is 28.6 Å². The summed E-state index contributed by atoms with van der Waals surface area (Å²) in [4.78, 5) is 31.5. The van der Waals surface area contributed by atoms with Gasteiger partial charge in [-0.3, -0.25) is 14.3 Å². The minimum absolute atomic E-state index is 0.0468. The summed E-state index contributed by atoms with van der Waals surface area (Å²) in [6, 6.07) is 5.46. The highest BCUT2D eigenvalue weighted by atomic mass is 32.2. The Morgan fingerprint density at radius 2 is 2.17 bits per heavy atom. The fourth-order valence-electron chi connectivity index (χ4n) is 3.01. The molecule has 1 atom stereocenters. The van der Waals surface area contributed by atoms with Crippen LogP contribution in [0.2, 0.25) is 0 Å². The Labute approximate surface area is 176 Å². The predicted octanol–water partition coefficient (Wildman–Crippen LogP) is 2.80. The van der Waals surface area contributed by atoms with E-state index in [4.69, 9.17) is 0 Å². The molecule has 0 unspecified atom stereocenters. The second-order valence-electron chi connectivity index (χ2n) is 7.46. The van der Waals surface area contributed by atoms with Gasteiger partial charge in [-0.15, -0.1) is 23.1 Å². The topological polar surface area (TPSA) is 97.1 Å². The summed E-state index contributed by atoms with van der Waals surface area (Å²) >= 11 is 2.61. The first-order valence-electron chi connectivity index (χ1n) is 9.34. The highest BCUT2D eigenvalue weighted by molar-refractivity contribution is 8.00. The number of carbonyl (C=O) groups excluding carboxylic acids is 2. The molecule has 4 rings (SSSR count). The van der Waals surface area contributed by atoms with Crippen molar-refractivity contribution in [1.82, 2.24) is 20.1 Å². The van der Waals surface area contributed by atoms with Crippen molar-refractivity contribution in [3.8, 4) is 0 Å². The molecule has 0 aliphatic heterocycles. The first-order valence-corrected chi connectivity index (χ1v) is 11.1. The number of aromatic nitrogens is 3. The van der Waals surface area contributed by atoms with Crippen molar-refractivity contribution in [3.05, 3.63) is 39.8 Å². The third-order valence-corrected chi connectivity index (χ3v) is 7.23. The molecule has 2 N–H and O–H groups in total. The van der Waals surface area contributed by atoms with E-state index < -0.39 is 11.5 Å². The number of thioether (sulfide) groups is 1. The maximum atomic E-state index is 12.7. The number of fused-ring (bicyclic) bond motifs is 1. The summed E-state index contributed by atoms with van der Waals surface area (Å²) < 4.78 is 1.76. The first kappa shape index (κ1) is 20.1. The van der Waals surface area contributed by atoms with Gasteiger partial charge in [-0.1, -0.05) is 0 Å². The lowest BCUT2D eigenvalue weighted by atomic mass is 10.0. The number of nitrogens with one attached hydrogen (secondary N) is 1. The summed E-state index contributed by atoms with van der Waals surface area (Å²) in [5.41, 5.74) is 0.942. The van der Waals surface area contributed by atoms with Gasteiger partial charge in [0.1, 0.15) is 5.52 Å². The predicted molar refractivity (Wildman–Crippen MR) is 113 cm³/mol. The number of aliphatic hydroxyl groups is 1. The molecule has 7 nitrogen and oxygen atoms in total. The molecule has 9 heteroatoms. The minimum Gasteiger partial charge on any atom is -0.375 e. The molecule has 1 amide bonds.